The van der Waals surface area contributed by atoms with E-state index in [4.69, 9.17) is 0 Å². The zero-order chi connectivity index (χ0) is 13.7. The lowest BCUT2D eigenvalue weighted by Crippen LogP contribution is -2.04. The molecule has 0 saturated carbocycles. The van der Waals surface area contributed by atoms with Crippen LogP contribution in [-0.4, -0.2) is 25.9 Å². The number of alkyl halides is 3. The standard InChI is InChI=1S/C10H9F3N4OS/c11-10(12,13)8-17-16-7(18-8)3-1-6-19-9-14-4-2-5-15-9/h2,4-5H,1,3,6H2. The summed E-state index contributed by atoms with van der Waals surface area (Å²) < 4.78 is 41.1. The molecule has 2 aromatic heterocycles. The molecule has 19 heavy (non-hydrogen) atoms. The number of nitrogens with zero attached hydrogens (tertiary/aromatic N) is 4. The van der Waals surface area contributed by atoms with Gasteiger partial charge in [-0.3, -0.25) is 0 Å². The molecule has 0 amide bonds. The average molecular weight is 290 g/mol. The van der Waals surface area contributed by atoms with Gasteiger partial charge in [-0.1, -0.05) is 11.8 Å². The summed E-state index contributed by atoms with van der Waals surface area (Å²) in [5.41, 5.74) is 0. The highest BCUT2D eigenvalue weighted by atomic mass is 32.2. The largest absolute Gasteiger partial charge is 0.470 e. The second-order valence-electron chi connectivity index (χ2n) is 3.48. The van der Waals surface area contributed by atoms with E-state index in [1.807, 2.05) is 0 Å². The Kier molecular flexibility index (Phi) is 4.35. The third-order valence-electron chi connectivity index (χ3n) is 2.02. The van der Waals surface area contributed by atoms with E-state index in [-0.39, 0.29) is 5.89 Å². The van der Waals surface area contributed by atoms with Crippen molar-refractivity contribution in [2.75, 3.05) is 5.75 Å². The van der Waals surface area contributed by atoms with Gasteiger partial charge in [-0.2, -0.15) is 13.2 Å². The van der Waals surface area contributed by atoms with Gasteiger partial charge in [-0.25, -0.2) is 9.97 Å². The molecule has 9 heteroatoms. The van der Waals surface area contributed by atoms with Crippen LogP contribution in [0.5, 0.6) is 0 Å². The molecule has 2 aromatic rings. The minimum atomic E-state index is -4.59. The van der Waals surface area contributed by atoms with Crippen molar-refractivity contribution in [2.24, 2.45) is 0 Å². The molecule has 5 nitrogen and oxygen atoms in total. The van der Waals surface area contributed by atoms with Crippen LogP contribution in [0.25, 0.3) is 0 Å². The van der Waals surface area contributed by atoms with Gasteiger partial charge in [0.15, 0.2) is 5.16 Å². The molecule has 0 aliphatic carbocycles. The molecule has 102 valence electrons. The summed E-state index contributed by atoms with van der Waals surface area (Å²) in [6.07, 6.45) is -0.435. The van der Waals surface area contributed by atoms with Crippen molar-refractivity contribution in [2.45, 2.75) is 24.2 Å². The summed E-state index contributed by atoms with van der Waals surface area (Å²) in [7, 11) is 0. The lowest BCUT2D eigenvalue weighted by molar-refractivity contribution is -0.157. The van der Waals surface area contributed by atoms with Crippen molar-refractivity contribution < 1.29 is 17.6 Å². The van der Waals surface area contributed by atoms with Gasteiger partial charge in [0.2, 0.25) is 5.89 Å². The Bertz CT molecular complexity index is 517. The van der Waals surface area contributed by atoms with Crippen LogP contribution in [0.15, 0.2) is 28.0 Å². The van der Waals surface area contributed by atoms with Gasteiger partial charge in [0.05, 0.1) is 0 Å². The van der Waals surface area contributed by atoms with Crippen LogP contribution in [0.3, 0.4) is 0 Å². The number of rotatable bonds is 5. The van der Waals surface area contributed by atoms with Gasteiger partial charge in [0.25, 0.3) is 0 Å². The van der Waals surface area contributed by atoms with E-state index in [0.29, 0.717) is 23.8 Å². The lowest BCUT2D eigenvalue weighted by atomic mass is 10.3. The first kappa shape index (κ1) is 13.8. The minimum absolute atomic E-state index is 0.0121. The number of halogens is 3. The highest BCUT2D eigenvalue weighted by molar-refractivity contribution is 7.99. The molecule has 0 aliphatic rings. The molecule has 0 saturated heterocycles. The van der Waals surface area contributed by atoms with E-state index in [1.165, 1.54) is 11.8 Å². The Morgan fingerprint density at radius 2 is 1.89 bits per heavy atom. The van der Waals surface area contributed by atoms with Crippen molar-refractivity contribution in [1.82, 2.24) is 20.2 Å². The van der Waals surface area contributed by atoms with Crippen LogP contribution in [-0.2, 0) is 12.6 Å². The normalized spacial score (nSPS) is 11.7. The zero-order valence-electron chi connectivity index (χ0n) is 9.59. The SMILES string of the molecule is FC(F)(F)c1nnc(CCCSc2ncccn2)o1. The number of aryl methyl sites for hydroxylation is 1. The molecule has 0 aliphatic heterocycles. The summed E-state index contributed by atoms with van der Waals surface area (Å²) in [5, 5.41) is 6.93. The van der Waals surface area contributed by atoms with E-state index in [0.717, 1.165) is 0 Å². The highest BCUT2D eigenvalue weighted by Crippen LogP contribution is 2.27. The van der Waals surface area contributed by atoms with Gasteiger partial charge >= 0.3 is 12.1 Å². The predicted molar refractivity (Wildman–Crippen MR) is 60.4 cm³/mol. The molecule has 2 heterocycles. The fourth-order valence-corrected chi connectivity index (χ4v) is 1.96. The van der Waals surface area contributed by atoms with Gasteiger partial charge in [-0.15, -0.1) is 10.2 Å². The lowest BCUT2D eigenvalue weighted by Gasteiger charge is -1.98. The average Bonchev–Trinajstić information content (AvgIpc) is 2.85. The van der Waals surface area contributed by atoms with Crippen molar-refractivity contribution in [3.63, 3.8) is 0 Å². The van der Waals surface area contributed by atoms with Crippen LogP contribution >= 0.6 is 11.8 Å². The second kappa shape index (κ2) is 6.00. The summed E-state index contributed by atoms with van der Waals surface area (Å²) in [5.74, 6) is -0.656. The van der Waals surface area contributed by atoms with Crippen molar-refractivity contribution in [3.05, 3.63) is 30.2 Å². The molecule has 0 radical (unpaired) electrons. The van der Waals surface area contributed by atoms with E-state index in [1.54, 1.807) is 18.5 Å². The number of thioether (sulfide) groups is 1. The maximum absolute atomic E-state index is 12.2. The Hall–Kier alpha value is -1.64. The first-order valence-electron chi connectivity index (χ1n) is 5.35. The molecule has 0 bridgehead atoms. The molecule has 2 rings (SSSR count). The van der Waals surface area contributed by atoms with Crippen molar-refractivity contribution in [3.8, 4) is 0 Å². The monoisotopic (exact) mass is 290 g/mol. The molecule has 0 aromatic carbocycles. The molecule has 0 atom stereocenters. The first-order chi connectivity index (χ1) is 9.05. The van der Waals surface area contributed by atoms with Gasteiger partial charge in [0.1, 0.15) is 0 Å². The quantitative estimate of drug-likeness (QED) is 0.479. The fraction of sp³-hybridized carbons (Fsp3) is 0.400. The molecule has 0 fully saturated rings. The summed E-state index contributed by atoms with van der Waals surface area (Å²) >= 11 is 1.42. The Balaban J connectivity index is 1.76. The maximum atomic E-state index is 12.2. The molecular weight excluding hydrogens is 281 g/mol. The second-order valence-corrected chi connectivity index (χ2v) is 4.54. The van der Waals surface area contributed by atoms with Crippen LogP contribution in [0, 0.1) is 0 Å². The van der Waals surface area contributed by atoms with Crippen molar-refractivity contribution >= 4 is 11.8 Å². The fourth-order valence-electron chi connectivity index (χ4n) is 1.22. The smallest absolute Gasteiger partial charge is 0.417 e. The summed E-state index contributed by atoms with van der Waals surface area (Å²) in [6, 6.07) is 1.71. The van der Waals surface area contributed by atoms with Crippen molar-refractivity contribution in [1.29, 1.82) is 0 Å². The molecule has 0 N–H and O–H groups in total. The van der Waals surface area contributed by atoms with Crippen LogP contribution < -0.4 is 0 Å². The first-order valence-corrected chi connectivity index (χ1v) is 6.33. The minimum Gasteiger partial charge on any atom is -0.417 e. The number of hydrogen-bond donors (Lipinski definition) is 0. The van der Waals surface area contributed by atoms with Crippen LogP contribution in [0.2, 0.25) is 0 Å². The number of hydrogen-bond acceptors (Lipinski definition) is 6. The molecular formula is C10H9F3N4OS. The summed E-state index contributed by atoms with van der Waals surface area (Å²) in [6.45, 7) is 0. The van der Waals surface area contributed by atoms with Gasteiger partial charge < -0.3 is 4.42 Å². The highest BCUT2D eigenvalue weighted by Gasteiger charge is 2.37. The van der Waals surface area contributed by atoms with E-state index in [9.17, 15) is 13.2 Å². The Labute approximate surface area is 110 Å². The van der Waals surface area contributed by atoms with E-state index in [2.05, 4.69) is 24.6 Å². The third kappa shape index (κ3) is 4.19. The zero-order valence-corrected chi connectivity index (χ0v) is 10.4. The van der Waals surface area contributed by atoms with Crippen LogP contribution in [0.1, 0.15) is 18.2 Å². The van der Waals surface area contributed by atoms with E-state index >= 15 is 0 Å². The summed E-state index contributed by atoms with van der Waals surface area (Å²) in [4.78, 5) is 8.02. The molecule has 0 unspecified atom stereocenters. The van der Waals surface area contributed by atoms with E-state index < -0.39 is 12.1 Å². The van der Waals surface area contributed by atoms with Crippen LogP contribution in [0.4, 0.5) is 13.2 Å². The third-order valence-corrected chi connectivity index (χ3v) is 2.98. The number of aromatic nitrogens is 4. The van der Waals surface area contributed by atoms with Gasteiger partial charge in [0, 0.05) is 24.6 Å². The topological polar surface area (TPSA) is 64.7 Å². The maximum Gasteiger partial charge on any atom is 0.470 e. The molecule has 0 spiro atoms. The van der Waals surface area contributed by atoms with Gasteiger partial charge in [-0.05, 0) is 12.5 Å². The Morgan fingerprint density at radius 3 is 2.53 bits per heavy atom. The Morgan fingerprint density at radius 1 is 1.16 bits per heavy atom. The predicted octanol–water partition coefficient (Wildman–Crippen LogP) is 2.60.